The van der Waals surface area contributed by atoms with Gasteiger partial charge in [-0.25, -0.2) is 21.9 Å². The fourth-order valence-corrected chi connectivity index (χ4v) is 4.11. The van der Waals surface area contributed by atoms with E-state index in [-0.39, 0.29) is 34.1 Å². The van der Waals surface area contributed by atoms with Crippen LogP contribution in [-0.4, -0.2) is 29.3 Å². The molecular formula is C23H20F2N4O3S. The molecule has 10 heteroatoms. The van der Waals surface area contributed by atoms with E-state index in [0.29, 0.717) is 5.69 Å². The molecule has 0 unspecified atom stereocenters. The summed E-state index contributed by atoms with van der Waals surface area (Å²) >= 11 is 0. The zero-order valence-corrected chi connectivity index (χ0v) is 18.6. The normalized spacial score (nSPS) is 11.5. The van der Waals surface area contributed by atoms with Crippen molar-refractivity contribution in [1.82, 2.24) is 14.8 Å². The molecule has 0 aliphatic carbocycles. The van der Waals surface area contributed by atoms with Gasteiger partial charge in [0.1, 0.15) is 11.6 Å². The molecule has 0 bridgehead atoms. The van der Waals surface area contributed by atoms with Crippen molar-refractivity contribution in [1.29, 1.82) is 0 Å². The summed E-state index contributed by atoms with van der Waals surface area (Å²) in [5.41, 5.74) is 1.04. The summed E-state index contributed by atoms with van der Waals surface area (Å²) in [6.07, 6.45) is -0.183. The van der Waals surface area contributed by atoms with Gasteiger partial charge in [-0.05, 0) is 74.5 Å². The predicted octanol–water partition coefficient (Wildman–Crippen LogP) is 4.80. The predicted molar refractivity (Wildman–Crippen MR) is 120 cm³/mol. The molecule has 0 amide bonds. The molecule has 0 aliphatic heterocycles. The Hall–Kier alpha value is -3.79. The first-order valence-electron chi connectivity index (χ1n) is 10.0. The number of anilines is 1. The van der Waals surface area contributed by atoms with E-state index in [4.69, 9.17) is 4.74 Å². The summed E-state index contributed by atoms with van der Waals surface area (Å²) in [5.74, 6) is -0.757. The van der Waals surface area contributed by atoms with Gasteiger partial charge >= 0.3 is 6.01 Å². The Labute approximate surface area is 189 Å². The van der Waals surface area contributed by atoms with Crippen molar-refractivity contribution in [2.45, 2.75) is 24.8 Å². The average molecular weight is 471 g/mol. The first kappa shape index (κ1) is 22.4. The average Bonchev–Trinajstić information content (AvgIpc) is 3.17. The second kappa shape index (κ2) is 8.99. The highest BCUT2D eigenvalue weighted by Crippen LogP contribution is 2.27. The Morgan fingerprint density at radius 2 is 1.61 bits per heavy atom. The first-order chi connectivity index (χ1) is 15.7. The molecule has 0 spiro atoms. The summed E-state index contributed by atoms with van der Waals surface area (Å²) in [5, 5.41) is 4.34. The molecule has 4 rings (SSSR count). The number of ether oxygens (including phenoxy) is 1. The molecule has 0 saturated carbocycles. The van der Waals surface area contributed by atoms with Crippen molar-refractivity contribution >= 4 is 15.7 Å². The van der Waals surface area contributed by atoms with Crippen LogP contribution in [0.5, 0.6) is 6.01 Å². The maximum absolute atomic E-state index is 14.5. The smallest absolute Gasteiger partial charge is 0.336 e. The molecule has 1 aromatic heterocycles. The van der Waals surface area contributed by atoms with E-state index >= 15 is 0 Å². The highest BCUT2D eigenvalue weighted by molar-refractivity contribution is 7.92. The fourth-order valence-electron chi connectivity index (χ4n) is 3.05. The van der Waals surface area contributed by atoms with Crippen LogP contribution in [0.4, 0.5) is 14.5 Å². The molecule has 1 N–H and O–H groups in total. The maximum Gasteiger partial charge on any atom is 0.336 e. The number of hydrogen-bond acceptors (Lipinski definition) is 5. The molecular weight excluding hydrogens is 450 g/mol. The van der Waals surface area contributed by atoms with Gasteiger partial charge in [-0.1, -0.05) is 12.1 Å². The van der Waals surface area contributed by atoms with Gasteiger partial charge in [-0.15, -0.1) is 5.10 Å². The maximum atomic E-state index is 14.5. The van der Waals surface area contributed by atoms with Crippen molar-refractivity contribution in [2.75, 3.05) is 4.72 Å². The minimum absolute atomic E-state index is 0.0680. The van der Waals surface area contributed by atoms with Crippen LogP contribution >= 0.6 is 0 Å². The van der Waals surface area contributed by atoms with Crippen LogP contribution in [0, 0.1) is 11.6 Å². The zero-order valence-electron chi connectivity index (χ0n) is 17.7. The number of nitrogens with zero attached hydrogens (tertiary/aromatic N) is 3. The lowest BCUT2D eigenvalue weighted by Crippen LogP contribution is -2.13. The SMILES string of the molecule is CC(C)Oc1nc(-c2ccccc2F)n(-c2ccc(NS(=O)(=O)c3ccc(F)cc3)cc2)n1. The highest BCUT2D eigenvalue weighted by atomic mass is 32.2. The molecule has 0 aliphatic rings. The van der Waals surface area contributed by atoms with E-state index in [1.165, 1.54) is 35.0 Å². The quantitative estimate of drug-likeness (QED) is 0.419. The van der Waals surface area contributed by atoms with Gasteiger partial charge in [0.15, 0.2) is 5.82 Å². The van der Waals surface area contributed by atoms with Gasteiger partial charge in [-0.2, -0.15) is 4.98 Å². The molecule has 0 radical (unpaired) electrons. The Kier molecular flexibility index (Phi) is 6.10. The first-order valence-corrected chi connectivity index (χ1v) is 11.5. The molecule has 0 saturated heterocycles. The van der Waals surface area contributed by atoms with Gasteiger partial charge in [0.05, 0.1) is 22.3 Å². The summed E-state index contributed by atoms with van der Waals surface area (Å²) in [7, 11) is -3.89. The third kappa shape index (κ3) is 5.01. The fraction of sp³-hybridized carbons (Fsp3) is 0.130. The van der Waals surface area contributed by atoms with E-state index in [1.807, 2.05) is 13.8 Å². The monoisotopic (exact) mass is 470 g/mol. The van der Waals surface area contributed by atoms with Gasteiger partial charge in [-0.3, -0.25) is 4.72 Å². The molecule has 33 heavy (non-hydrogen) atoms. The summed E-state index contributed by atoms with van der Waals surface area (Å²) < 4.78 is 62.1. The minimum atomic E-state index is -3.89. The summed E-state index contributed by atoms with van der Waals surface area (Å²) in [6.45, 7) is 3.65. The Balaban J connectivity index is 1.66. The standard InChI is InChI=1S/C23H20F2N4O3S/c1-15(2)32-23-26-22(20-5-3-4-6-21(20)25)29(27-23)18-11-9-17(10-12-18)28-33(30,31)19-13-7-16(24)8-14-19/h3-15,28H,1-2H3. The molecule has 7 nitrogen and oxygen atoms in total. The lowest BCUT2D eigenvalue weighted by atomic mass is 10.2. The topological polar surface area (TPSA) is 86.1 Å². The van der Waals surface area contributed by atoms with Crippen LogP contribution in [-0.2, 0) is 10.0 Å². The molecule has 0 atom stereocenters. The summed E-state index contributed by atoms with van der Waals surface area (Å²) in [4.78, 5) is 4.27. The molecule has 0 fully saturated rings. The van der Waals surface area contributed by atoms with E-state index in [2.05, 4.69) is 14.8 Å². The molecule has 1 heterocycles. The van der Waals surface area contributed by atoms with E-state index in [1.54, 1.807) is 30.3 Å². The van der Waals surface area contributed by atoms with Crippen LogP contribution in [0.1, 0.15) is 13.8 Å². The van der Waals surface area contributed by atoms with Crippen molar-refractivity contribution < 1.29 is 21.9 Å². The van der Waals surface area contributed by atoms with Gasteiger partial charge in [0, 0.05) is 5.69 Å². The van der Waals surface area contributed by atoms with Crippen molar-refractivity contribution in [3.63, 3.8) is 0 Å². The van der Waals surface area contributed by atoms with Gasteiger partial charge in [0.25, 0.3) is 10.0 Å². The van der Waals surface area contributed by atoms with Crippen LogP contribution < -0.4 is 9.46 Å². The van der Waals surface area contributed by atoms with Crippen LogP contribution in [0.15, 0.2) is 77.7 Å². The Bertz CT molecular complexity index is 1370. The van der Waals surface area contributed by atoms with Gasteiger partial charge < -0.3 is 4.74 Å². The third-order valence-corrected chi connectivity index (χ3v) is 5.93. The van der Waals surface area contributed by atoms with Crippen molar-refractivity contribution in [3.05, 3.63) is 84.4 Å². The third-order valence-electron chi connectivity index (χ3n) is 4.53. The van der Waals surface area contributed by atoms with Crippen LogP contribution in [0.3, 0.4) is 0 Å². The van der Waals surface area contributed by atoms with Crippen molar-refractivity contribution in [3.8, 4) is 23.1 Å². The van der Waals surface area contributed by atoms with Gasteiger partial charge in [0.2, 0.25) is 0 Å². The molecule has 170 valence electrons. The second-order valence-corrected chi connectivity index (χ2v) is 9.06. The van der Waals surface area contributed by atoms with E-state index in [9.17, 15) is 17.2 Å². The lowest BCUT2D eigenvalue weighted by molar-refractivity contribution is 0.222. The molecule has 3 aromatic carbocycles. The number of sulfonamides is 1. The highest BCUT2D eigenvalue weighted by Gasteiger charge is 2.19. The number of halogens is 2. The van der Waals surface area contributed by atoms with Crippen LogP contribution in [0.25, 0.3) is 17.1 Å². The zero-order chi connectivity index (χ0) is 23.6. The Morgan fingerprint density at radius 1 is 0.939 bits per heavy atom. The van der Waals surface area contributed by atoms with E-state index < -0.39 is 21.7 Å². The minimum Gasteiger partial charge on any atom is -0.460 e. The van der Waals surface area contributed by atoms with Crippen molar-refractivity contribution in [2.24, 2.45) is 0 Å². The van der Waals surface area contributed by atoms with E-state index in [0.717, 1.165) is 12.1 Å². The Morgan fingerprint density at radius 3 is 2.24 bits per heavy atom. The number of benzene rings is 3. The largest absolute Gasteiger partial charge is 0.460 e. The molecule has 4 aromatic rings. The number of nitrogens with one attached hydrogen (secondary N) is 1. The number of rotatable bonds is 7. The number of hydrogen-bond donors (Lipinski definition) is 1. The summed E-state index contributed by atoms with van der Waals surface area (Å²) in [6, 6.07) is 17.1. The van der Waals surface area contributed by atoms with Crippen LogP contribution in [0.2, 0.25) is 0 Å². The number of aromatic nitrogens is 3. The lowest BCUT2D eigenvalue weighted by Gasteiger charge is -2.10. The second-order valence-electron chi connectivity index (χ2n) is 7.38.